The van der Waals surface area contributed by atoms with Crippen LogP contribution in [0.15, 0.2) is 72.8 Å². The molecule has 0 bridgehead atoms. The lowest BCUT2D eigenvalue weighted by Crippen LogP contribution is -2.52. The molecule has 1 N–H and O–H groups in total. The molecular formula is C31H36Cl2N2O3. The van der Waals surface area contributed by atoms with Gasteiger partial charge in [0.25, 0.3) is 5.91 Å². The van der Waals surface area contributed by atoms with Crippen LogP contribution < -0.4 is 10.1 Å². The minimum Gasteiger partial charge on any atom is -0.483 e. The number of carbonyl (C=O) groups excluding carboxylic acids is 2. The van der Waals surface area contributed by atoms with E-state index in [1.807, 2.05) is 68.4 Å². The number of hydrogen-bond donors (Lipinski definition) is 1. The lowest BCUT2D eigenvalue weighted by Gasteiger charge is -2.32. The van der Waals surface area contributed by atoms with Gasteiger partial charge in [-0.05, 0) is 41.2 Å². The van der Waals surface area contributed by atoms with E-state index in [4.69, 9.17) is 27.9 Å². The number of rotatable bonds is 12. The first-order chi connectivity index (χ1) is 18.2. The first-order valence-electron chi connectivity index (χ1n) is 12.9. The zero-order chi connectivity index (χ0) is 27.7. The van der Waals surface area contributed by atoms with Gasteiger partial charge in [0.15, 0.2) is 6.61 Å². The number of benzene rings is 3. The smallest absolute Gasteiger partial charge is 0.261 e. The minimum absolute atomic E-state index is 0.0686. The Labute approximate surface area is 236 Å². The Balaban J connectivity index is 1.97. The van der Waals surface area contributed by atoms with Crippen molar-refractivity contribution in [2.45, 2.75) is 52.6 Å². The molecule has 3 aromatic carbocycles. The summed E-state index contributed by atoms with van der Waals surface area (Å²) >= 11 is 13.0. The second-order valence-electron chi connectivity index (χ2n) is 10.0. The van der Waals surface area contributed by atoms with Crippen molar-refractivity contribution in [3.05, 3.63) is 99.5 Å². The van der Waals surface area contributed by atoms with Gasteiger partial charge >= 0.3 is 0 Å². The van der Waals surface area contributed by atoms with Gasteiger partial charge in [-0.15, -0.1) is 0 Å². The number of nitrogens with zero attached hydrogens (tertiary/aromatic N) is 1. The summed E-state index contributed by atoms with van der Waals surface area (Å²) < 4.78 is 6.03. The van der Waals surface area contributed by atoms with E-state index < -0.39 is 6.04 Å². The van der Waals surface area contributed by atoms with Crippen molar-refractivity contribution in [1.82, 2.24) is 10.2 Å². The van der Waals surface area contributed by atoms with Gasteiger partial charge in [0.05, 0.1) is 0 Å². The number of hydrogen-bond acceptors (Lipinski definition) is 3. The number of nitrogens with one attached hydrogen (secondary N) is 1. The highest BCUT2D eigenvalue weighted by Gasteiger charge is 2.32. The highest BCUT2D eigenvalue weighted by Crippen LogP contribution is 2.28. The third-order valence-electron chi connectivity index (χ3n) is 6.24. The second kappa shape index (κ2) is 14.2. The molecule has 0 aliphatic heterocycles. The standard InChI is InChI=1S/C31H36Cl2N2O3/c1-21(2)18-34-31(37)28(17-23-11-6-5-7-12-23)35(19-25-26(32)14-10-15-27(25)33)30(36)20-38-29-16-9-8-13-24(29)22(3)4/h5-16,21-22,28H,17-20H2,1-4H3,(H,34,37)/t28-/m0/s1. The van der Waals surface area contributed by atoms with Crippen LogP contribution >= 0.6 is 23.2 Å². The molecule has 202 valence electrons. The molecule has 0 unspecified atom stereocenters. The summed E-state index contributed by atoms with van der Waals surface area (Å²) in [6.45, 7) is 8.54. The minimum atomic E-state index is -0.792. The Bertz CT molecular complexity index is 1190. The molecule has 0 aliphatic rings. The molecule has 0 heterocycles. The average Bonchev–Trinajstić information content (AvgIpc) is 2.90. The van der Waals surface area contributed by atoms with E-state index in [1.54, 1.807) is 18.2 Å². The lowest BCUT2D eigenvalue weighted by atomic mass is 10.0. The van der Waals surface area contributed by atoms with Gasteiger partial charge in [0, 0.05) is 35.1 Å². The zero-order valence-corrected chi connectivity index (χ0v) is 23.9. The Morgan fingerprint density at radius 1 is 0.868 bits per heavy atom. The van der Waals surface area contributed by atoms with E-state index in [2.05, 4.69) is 19.2 Å². The SMILES string of the molecule is CC(C)CNC(=O)[C@H](Cc1ccccc1)N(Cc1c(Cl)cccc1Cl)C(=O)COc1ccccc1C(C)C. The Kier molecular flexibility index (Phi) is 11.1. The number of carbonyl (C=O) groups is 2. The predicted octanol–water partition coefficient (Wildman–Crippen LogP) is 6.91. The summed E-state index contributed by atoms with van der Waals surface area (Å²) in [7, 11) is 0. The second-order valence-corrected chi connectivity index (χ2v) is 10.9. The largest absolute Gasteiger partial charge is 0.483 e. The summed E-state index contributed by atoms with van der Waals surface area (Å²) in [5.74, 6) is 0.568. The van der Waals surface area contributed by atoms with E-state index in [0.717, 1.165) is 11.1 Å². The van der Waals surface area contributed by atoms with Crippen LogP contribution in [-0.4, -0.2) is 35.9 Å². The Hall–Kier alpha value is -3.02. The van der Waals surface area contributed by atoms with E-state index in [1.165, 1.54) is 4.90 Å². The fraction of sp³-hybridized carbons (Fsp3) is 0.355. The molecule has 0 saturated heterocycles. The van der Waals surface area contributed by atoms with Crippen molar-refractivity contribution in [1.29, 1.82) is 0 Å². The van der Waals surface area contributed by atoms with Gasteiger partial charge in [-0.3, -0.25) is 9.59 Å². The molecule has 38 heavy (non-hydrogen) atoms. The Morgan fingerprint density at radius 2 is 1.50 bits per heavy atom. The topological polar surface area (TPSA) is 58.6 Å². The van der Waals surface area contributed by atoms with Crippen LogP contribution in [0.3, 0.4) is 0 Å². The van der Waals surface area contributed by atoms with Crippen LogP contribution in [0.4, 0.5) is 0 Å². The van der Waals surface area contributed by atoms with Crippen molar-refractivity contribution in [2.24, 2.45) is 5.92 Å². The molecule has 0 fully saturated rings. The van der Waals surface area contributed by atoms with Crippen molar-refractivity contribution in [2.75, 3.05) is 13.2 Å². The van der Waals surface area contributed by atoms with Gasteiger partial charge < -0.3 is 15.0 Å². The van der Waals surface area contributed by atoms with Crippen molar-refractivity contribution < 1.29 is 14.3 Å². The maximum atomic E-state index is 13.8. The number of para-hydroxylation sites is 1. The van der Waals surface area contributed by atoms with Crippen LogP contribution in [0.5, 0.6) is 5.75 Å². The molecule has 0 aromatic heterocycles. The molecule has 0 saturated carbocycles. The van der Waals surface area contributed by atoms with Crippen molar-refractivity contribution in [3.63, 3.8) is 0 Å². The van der Waals surface area contributed by atoms with Gasteiger partial charge in [0.1, 0.15) is 11.8 Å². The van der Waals surface area contributed by atoms with E-state index in [0.29, 0.717) is 34.3 Å². The maximum absolute atomic E-state index is 13.8. The summed E-state index contributed by atoms with van der Waals surface area (Å²) in [4.78, 5) is 28.9. The monoisotopic (exact) mass is 554 g/mol. The van der Waals surface area contributed by atoms with Crippen molar-refractivity contribution >= 4 is 35.0 Å². The van der Waals surface area contributed by atoms with Crippen LogP contribution in [0, 0.1) is 5.92 Å². The predicted molar refractivity (Wildman–Crippen MR) is 155 cm³/mol. The first-order valence-corrected chi connectivity index (χ1v) is 13.7. The number of amides is 2. The van der Waals surface area contributed by atoms with E-state index in [9.17, 15) is 9.59 Å². The molecule has 3 aromatic rings. The summed E-state index contributed by atoms with van der Waals surface area (Å²) in [6, 6.07) is 21.7. The highest BCUT2D eigenvalue weighted by atomic mass is 35.5. The summed E-state index contributed by atoms with van der Waals surface area (Å²) in [5.41, 5.74) is 2.53. The Morgan fingerprint density at radius 3 is 2.13 bits per heavy atom. The quantitative estimate of drug-likeness (QED) is 0.264. The van der Waals surface area contributed by atoms with E-state index >= 15 is 0 Å². The highest BCUT2D eigenvalue weighted by molar-refractivity contribution is 6.36. The van der Waals surface area contributed by atoms with Crippen LogP contribution in [0.1, 0.15) is 50.3 Å². The number of ether oxygens (including phenoxy) is 1. The molecule has 2 amide bonds. The molecule has 3 rings (SSSR count). The first kappa shape index (κ1) is 29.5. The fourth-order valence-electron chi connectivity index (χ4n) is 4.14. The summed E-state index contributed by atoms with van der Waals surface area (Å²) in [6.07, 6.45) is 0.334. The molecule has 1 atom stereocenters. The van der Waals surface area contributed by atoms with Gasteiger partial charge in [0.2, 0.25) is 5.91 Å². The average molecular weight is 556 g/mol. The van der Waals surface area contributed by atoms with Crippen LogP contribution in [-0.2, 0) is 22.6 Å². The molecule has 5 nitrogen and oxygen atoms in total. The molecular weight excluding hydrogens is 519 g/mol. The molecule has 0 radical (unpaired) electrons. The lowest BCUT2D eigenvalue weighted by molar-refractivity contribution is -0.142. The third kappa shape index (κ3) is 8.24. The zero-order valence-electron chi connectivity index (χ0n) is 22.4. The van der Waals surface area contributed by atoms with Gasteiger partial charge in [-0.1, -0.05) is 105 Å². The van der Waals surface area contributed by atoms with Gasteiger partial charge in [-0.2, -0.15) is 0 Å². The van der Waals surface area contributed by atoms with E-state index in [-0.39, 0.29) is 36.8 Å². The molecule has 7 heteroatoms. The van der Waals surface area contributed by atoms with Crippen LogP contribution in [0.25, 0.3) is 0 Å². The summed E-state index contributed by atoms with van der Waals surface area (Å²) in [5, 5.41) is 3.88. The maximum Gasteiger partial charge on any atom is 0.261 e. The number of halogens is 2. The molecule has 0 spiro atoms. The van der Waals surface area contributed by atoms with Gasteiger partial charge in [-0.25, -0.2) is 0 Å². The normalized spacial score (nSPS) is 11.9. The third-order valence-corrected chi connectivity index (χ3v) is 6.95. The van der Waals surface area contributed by atoms with Crippen molar-refractivity contribution in [3.8, 4) is 5.75 Å². The van der Waals surface area contributed by atoms with Crippen LogP contribution in [0.2, 0.25) is 10.0 Å². The fourth-order valence-corrected chi connectivity index (χ4v) is 4.66. The molecule has 0 aliphatic carbocycles.